The van der Waals surface area contributed by atoms with E-state index in [-0.39, 0.29) is 13.2 Å². The lowest BCUT2D eigenvalue weighted by Crippen LogP contribution is -2.37. The van der Waals surface area contributed by atoms with Gasteiger partial charge >= 0.3 is 5.82 Å². The van der Waals surface area contributed by atoms with Crippen molar-refractivity contribution in [2.24, 2.45) is 10.2 Å². The second-order valence-electron chi connectivity index (χ2n) is 3.66. The van der Waals surface area contributed by atoms with Crippen LogP contribution in [-0.2, 0) is 13.1 Å². The van der Waals surface area contributed by atoms with Crippen molar-refractivity contribution in [1.29, 1.82) is 0 Å². The van der Waals surface area contributed by atoms with Gasteiger partial charge in [-0.25, -0.2) is 9.78 Å². The number of aliphatic hydroxyl groups excluding tert-OH is 2. The first kappa shape index (κ1) is 13.7. The number of nitrogens with one attached hydrogen (secondary N) is 1. The van der Waals surface area contributed by atoms with Gasteiger partial charge in [0, 0.05) is 6.20 Å². The van der Waals surface area contributed by atoms with Crippen LogP contribution in [0.4, 0.5) is 11.5 Å². The molecule has 0 aliphatic rings. The predicted molar refractivity (Wildman–Crippen MR) is 66.6 cm³/mol. The van der Waals surface area contributed by atoms with Crippen LogP contribution in [0.5, 0.6) is 0 Å². The summed E-state index contributed by atoms with van der Waals surface area (Å²) in [5, 5.41) is 32.9. The van der Waals surface area contributed by atoms with Crippen molar-refractivity contribution >= 4 is 23.1 Å². The molecule has 0 radical (unpaired) electrons. The van der Waals surface area contributed by atoms with Gasteiger partial charge in [-0.05, 0) is 5.11 Å². The van der Waals surface area contributed by atoms with Crippen molar-refractivity contribution in [2.45, 2.75) is 13.1 Å². The summed E-state index contributed by atoms with van der Waals surface area (Å²) in [7, 11) is 0. The molecule has 3 N–H and O–H groups in total. The molecule has 0 aliphatic heterocycles. The summed E-state index contributed by atoms with van der Waals surface area (Å²) in [5.41, 5.74) is 0.423. The topological polar surface area (TPSA) is 103 Å². The third-order valence-electron chi connectivity index (χ3n) is 2.39. The van der Waals surface area contributed by atoms with Crippen LogP contribution in [0.25, 0.3) is 0 Å². The molecule has 0 aromatic carbocycles. The number of azo groups is 1. The van der Waals surface area contributed by atoms with E-state index in [4.69, 9.17) is 21.8 Å². The number of hydrogen-bond donors (Lipinski definition) is 3. The van der Waals surface area contributed by atoms with E-state index < -0.39 is 0 Å². The van der Waals surface area contributed by atoms with Crippen LogP contribution in [0.15, 0.2) is 28.7 Å². The Bertz CT molecular complexity index is 564. The molecular weight excluding hydrogens is 272 g/mol. The zero-order valence-corrected chi connectivity index (χ0v) is 10.8. The summed E-state index contributed by atoms with van der Waals surface area (Å²) in [6, 6.07) is 1.73. The third kappa shape index (κ3) is 3.16. The van der Waals surface area contributed by atoms with Crippen LogP contribution in [0, 0.1) is 0 Å². The Hall–Kier alpha value is -1.77. The molecule has 2 aromatic rings. The Balaban J connectivity index is 2.16. The highest BCUT2D eigenvalue weighted by Crippen LogP contribution is 2.25. The summed E-state index contributed by atoms with van der Waals surface area (Å²) in [5.74, 6) is 0.569. The Kier molecular flexibility index (Phi) is 4.61. The van der Waals surface area contributed by atoms with Gasteiger partial charge in [-0.2, -0.15) is 9.78 Å². The molecule has 8 nitrogen and oxygen atoms in total. The number of nitrogens with zero attached hydrogens (tertiary/aromatic N) is 5. The number of halogens is 1. The first-order valence-electron chi connectivity index (χ1n) is 5.68. The molecule has 0 bridgehead atoms. The van der Waals surface area contributed by atoms with Crippen LogP contribution in [0.1, 0.15) is 0 Å². The highest BCUT2D eigenvalue weighted by atomic mass is 35.5. The van der Waals surface area contributed by atoms with Crippen molar-refractivity contribution in [1.82, 2.24) is 14.9 Å². The molecule has 9 heteroatoms. The molecule has 0 spiro atoms. The normalized spacial score (nSPS) is 11.5. The minimum atomic E-state index is -0.0493. The fourth-order valence-electron chi connectivity index (χ4n) is 1.51. The first-order chi connectivity index (χ1) is 9.26. The SMILES string of the molecule is OCCn1ncc(N=Nc2cc[nH][n+]2CCO)c1Cl. The second-order valence-corrected chi connectivity index (χ2v) is 4.02. The fraction of sp³-hybridized carbons (Fsp3) is 0.400. The largest absolute Gasteiger partial charge is 0.394 e. The Morgan fingerprint density at radius 1 is 1.37 bits per heavy atom. The summed E-state index contributed by atoms with van der Waals surface area (Å²) in [6.45, 7) is 0.664. The van der Waals surface area contributed by atoms with E-state index in [2.05, 4.69) is 20.4 Å². The van der Waals surface area contributed by atoms with Gasteiger partial charge in [0.05, 0.1) is 37.1 Å². The number of rotatable bonds is 6. The molecule has 0 aliphatic carbocycles. The van der Waals surface area contributed by atoms with Crippen LogP contribution >= 0.6 is 11.6 Å². The number of H-pyrrole nitrogens is 1. The predicted octanol–water partition coefficient (Wildman–Crippen LogP) is 0.552. The molecule has 0 fully saturated rings. The van der Waals surface area contributed by atoms with Gasteiger partial charge in [0.2, 0.25) is 0 Å². The van der Waals surface area contributed by atoms with Crippen molar-refractivity contribution in [2.75, 3.05) is 13.2 Å². The molecular formula is C10H14ClN6O2+. The summed E-state index contributed by atoms with van der Waals surface area (Å²) < 4.78 is 3.09. The van der Waals surface area contributed by atoms with E-state index in [9.17, 15) is 0 Å². The van der Waals surface area contributed by atoms with Gasteiger partial charge in [-0.15, -0.1) is 0 Å². The van der Waals surface area contributed by atoms with E-state index in [1.165, 1.54) is 10.9 Å². The Morgan fingerprint density at radius 3 is 2.95 bits per heavy atom. The summed E-state index contributed by atoms with van der Waals surface area (Å²) >= 11 is 6.03. The van der Waals surface area contributed by atoms with Crippen molar-refractivity contribution < 1.29 is 14.9 Å². The van der Waals surface area contributed by atoms with Gasteiger partial charge in [-0.1, -0.05) is 11.6 Å². The molecule has 0 saturated heterocycles. The molecule has 0 amide bonds. The van der Waals surface area contributed by atoms with Crippen molar-refractivity contribution in [3.8, 4) is 0 Å². The number of hydrogen-bond acceptors (Lipinski definition) is 5. The van der Waals surface area contributed by atoms with Gasteiger partial charge in [0.1, 0.15) is 6.54 Å². The number of aliphatic hydroxyl groups is 2. The van der Waals surface area contributed by atoms with Gasteiger partial charge in [-0.3, -0.25) is 0 Å². The standard InChI is InChI=1S/C10H13ClN6O2/c11-10-8(7-13-17(10)4-6-19)14-15-9-1-2-12-16(9)3-5-18/h1-2,7,18-19H,3-6H2/p+1. The molecule has 2 rings (SSSR count). The lowest BCUT2D eigenvalue weighted by Gasteiger charge is -1.97. The number of aromatic nitrogens is 4. The van der Waals surface area contributed by atoms with E-state index in [1.807, 2.05) is 0 Å². The Labute approximate surface area is 114 Å². The van der Waals surface area contributed by atoms with Crippen molar-refractivity contribution in [3.63, 3.8) is 0 Å². The molecule has 102 valence electrons. The summed E-state index contributed by atoms with van der Waals surface area (Å²) in [6.07, 6.45) is 3.17. The maximum atomic E-state index is 8.88. The lowest BCUT2D eigenvalue weighted by molar-refractivity contribution is -0.739. The van der Waals surface area contributed by atoms with Crippen molar-refractivity contribution in [3.05, 3.63) is 23.6 Å². The van der Waals surface area contributed by atoms with Gasteiger partial charge < -0.3 is 10.2 Å². The van der Waals surface area contributed by atoms with E-state index in [1.54, 1.807) is 16.9 Å². The highest BCUT2D eigenvalue weighted by Gasteiger charge is 2.13. The molecule has 0 unspecified atom stereocenters. The van der Waals surface area contributed by atoms with Crippen LogP contribution < -0.4 is 4.68 Å². The molecule has 2 heterocycles. The lowest BCUT2D eigenvalue weighted by atomic mass is 10.6. The molecule has 2 aromatic heterocycles. The van der Waals surface area contributed by atoms with Crippen LogP contribution in [0.3, 0.4) is 0 Å². The van der Waals surface area contributed by atoms with Gasteiger partial charge in [0.15, 0.2) is 10.8 Å². The fourth-order valence-corrected chi connectivity index (χ4v) is 1.72. The first-order valence-corrected chi connectivity index (χ1v) is 6.06. The smallest absolute Gasteiger partial charge is 0.370 e. The third-order valence-corrected chi connectivity index (χ3v) is 2.78. The van der Waals surface area contributed by atoms with E-state index in [0.29, 0.717) is 29.7 Å². The van der Waals surface area contributed by atoms with E-state index >= 15 is 0 Å². The average Bonchev–Trinajstić information content (AvgIpc) is 2.97. The molecule has 0 atom stereocenters. The van der Waals surface area contributed by atoms with Crippen LogP contribution in [0.2, 0.25) is 5.15 Å². The Morgan fingerprint density at radius 2 is 2.21 bits per heavy atom. The molecule has 19 heavy (non-hydrogen) atoms. The zero-order valence-electron chi connectivity index (χ0n) is 10.1. The zero-order chi connectivity index (χ0) is 13.7. The minimum absolute atomic E-state index is 0.00287. The highest BCUT2D eigenvalue weighted by molar-refractivity contribution is 6.31. The summed E-state index contributed by atoms with van der Waals surface area (Å²) in [4.78, 5) is 0. The monoisotopic (exact) mass is 285 g/mol. The second kappa shape index (κ2) is 6.41. The van der Waals surface area contributed by atoms with Gasteiger partial charge in [0.25, 0.3) is 0 Å². The average molecular weight is 286 g/mol. The molecule has 0 saturated carbocycles. The number of aromatic amines is 1. The maximum Gasteiger partial charge on any atom is 0.370 e. The quantitative estimate of drug-likeness (QED) is 0.533. The minimum Gasteiger partial charge on any atom is -0.394 e. The van der Waals surface area contributed by atoms with Crippen LogP contribution in [-0.4, -0.2) is 38.3 Å². The maximum absolute atomic E-state index is 8.88. The van der Waals surface area contributed by atoms with E-state index in [0.717, 1.165) is 0 Å².